The molecule has 1 aliphatic heterocycles. The normalized spacial score (nSPS) is 20.2. The number of hydrogen-bond acceptors (Lipinski definition) is 5. The lowest BCUT2D eigenvalue weighted by Gasteiger charge is -2.23. The first-order chi connectivity index (χ1) is 8.18. The number of rotatable bonds is 3. The van der Waals surface area contributed by atoms with Gasteiger partial charge in [0.1, 0.15) is 4.47 Å². The molecule has 0 bridgehead atoms. The minimum absolute atomic E-state index is 0.0136. The summed E-state index contributed by atoms with van der Waals surface area (Å²) in [7, 11) is 1.61. The average Bonchev–Trinajstić information content (AvgIpc) is 2.36. The van der Waals surface area contributed by atoms with Crippen LogP contribution in [0.5, 0.6) is 0 Å². The van der Waals surface area contributed by atoms with Gasteiger partial charge >= 0.3 is 0 Å². The number of halogens is 1. The lowest BCUT2D eigenvalue weighted by molar-refractivity contribution is -0.0818. The van der Waals surface area contributed by atoms with Crippen molar-refractivity contribution in [1.82, 2.24) is 9.78 Å². The first-order valence-corrected chi connectivity index (χ1v) is 6.13. The number of nitrogens with zero attached hydrogens (tertiary/aromatic N) is 2. The second-order valence-corrected chi connectivity index (χ2v) is 4.54. The zero-order valence-electron chi connectivity index (χ0n) is 9.48. The van der Waals surface area contributed by atoms with E-state index < -0.39 is 0 Å². The third-order valence-electron chi connectivity index (χ3n) is 2.48. The maximum atomic E-state index is 11.6. The van der Waals surface area contributed by atoms with Crippen molar-refractivity contribution in [2.45, 2.75) is 6.10 Å². The Morgan fingerprint density at radius 3 is 3.18 bits per heavy atom. The molecule has 0 spiro atoms. The van der Waals surface area contributed by atoms with Crippen LogP contribution < -0.4 is 10.9 Å². The molecule has 1 fully saturated rings. The molecule has 0 amide bonds. The fourth-order valence-corrected chi connectivity index (χ4v) is 2.01. The fourth-order valence-electron chi connectivity index (χ4n) is 1.51. The molecule has 2 rings (SSSR count). The summed E-state index contributed by atoms with van der Waals surface area (Å²) in [4.78, 5) is 11.6. The highest BCUT2D eigenvalue weighted by atomic mass is 79.9. The standard InChI is InChI=1S/C10H14BrN3O3/c1-14-10(15)9(11)8(5-13-14)12-4-7-6-16-2-3-17-7/h5,7,12H,2-4,6H2,1H3. The minimum atomic E-state index is -0.171. The van der Waals surface area contributed by atoms with Crippen molar-refractivity contribution in [2.24, 2.45) is 7.05 Å². The Morgan fingerprint density at radius 2 is 2.47 bits per heavy atom. The third-order valence-corrected chi connectivity index (χ3v) is 3.25. The summed E-state index contributed by atoms with van der Waals surface area (Å²) in [6, 6.07) is 0. The van der Waals surface area contributed by atoms with Gasteiger partial charge in [-0.15, -0.1) is 0 Å². The highest BCUT2D eigenvalue weighted by molar-refractivity contribution is 9.10. The number of aryl methyl sites for hydroxylation is 1. The van der Waals surface area contributed by atoms with Gasteiger partial charge in [0.15, 0.2) is 0 Å². The predicted octanol–water partition coefficient (Wildman–Crippen LogP) is 0.370. The second kappa shape index (κ2) is 5.61. The Bertz CT molecular complexity index is 443. The Kier molecular flexibility index (Phi) is 4.14. The van der Waals surface area contributed by atoms with Crippen LogP contribution in [0.25, 0.3) is 0 Å². The van der Waals surface area contributed by atoms with E-state index in [4.69, 9.17) is 9.47 Å². The Labute approximate surface area is 107 Å². The maximum Gasteiger partial charge on any atom is 0.282 e. The van der Waals surface area contributed by atoms with Gasteiger partial charge in [0.05, 0.1) is 37.8 Å². The topological polar surface area (TPSA) is 65.4 Å². The van der Waals surface area contributed by atoms with E-state index in [9.17, 15) is 4.79 Å². The second-order valence-electron chi connectivity index (χ2n) is 3.75. The molecule has 1 aromatic rings. The molecule has 6 nitrogen and oxygen atoms in total. The summed E-state index contributed by atoms with van der Waals surface area (Å²) in [5.41, 5.74) is 0.498. The molecule has 1 aromatic heterocycles. The molecule has 1 saturated heterocycles. The van der Waals surface area contributed by atoms with E-state index in [2.05, 4.69) is 26.3 Å². The van der Waals surface area contributed by atoms with Crippen LogP contribution >= 0.6 is 15.9 Å². The fraction of sp³-hybridized carbons (Fsp3) is 0.600. The van der Waals surface area contributed by atoms with Crippen molar-refractivity contribution in [3.63, 3.8) is 0 Å². The maximum absolute atomic E-state index is 11.6. The van der Waals surface area contributed by atoms with Crippen molar-refractivity contribution >= 4 is 21.6 Å². The third kappa shape index (κ3) is 3.05. The summed E-state index contributed by atoms with van der Waals surface area (Å²) in [6.07, 6.45) is 1.62. The summed E-state index contributed by atoms with van der Waals surface area (Å²) in [5.74, 6) is 0. The van der Waals surface area contributed by atoms with Gasteiger partial charge < -0.3 is 14.8 Å². The van der Waals surface area contributed by atoms with Crippen molar-refractivity contribution in [3.8, 4) is 0 Å². The summed E-state index contributed by atoms with van der Waals surface area (Å²) >= 11 is 3.25. The van der Waals surface area contributed by atoms with Crippen molar-refractivity contribution in [1.29, 1.82) is 0 Å². The van der Waals surface area contributed by atoms with Crippen molar-refractivity contribution in [2.75, 3.05) is 31.7 Å². The lowest BCUT2D eigenvalue weighted by Crippen LogP contribution is -2.34. The van der Waals surface area contributed by atoms with Crippen LogP contribution in [-0.4, -0.2) is 42.2 Å². The SMILES string of the molecule is Cn1ncc(NCC2COCCO2)c(Br)c1=O. The molecule has 0 saturated carbocycles. The largest absolute Gasteiger partial charge is 0.380 e. The molecule has 0 aromatic carbocycles. The van der Waals surface area contributed by atoms with E-state index in [0.717, 1.165) is 0 Å². The molecule has 7 heteroatoms. The molecule has 17 heavy (non-hydrogen) atoms. The number of ether oxygens (including phenoxy) is 2. The molecule has 94 valence electrons. The van der Waals surface area contributed by atoms with E-state index in [1.54, 1.807) is 13.2 Å². The first-order valence-electron chi connectivity index (χ1n) is 5.33. The number of anilines is 1. The molecule has 2 heterocycles. The Morgan fingerprint density at radius 1 is 1.65 bits per heavy atom. The summed E-state index contributed by atoms with van der Waals surface area (Å²) in [6.45, 7) is 2.42. The van der Waals surface area contributed by atoms with Crippen LogP contribution in [0.15, 0.2) is 15.5 Å². The molecule has 0 radical (unpaired) electrons. The smallest absolute Gasteiger partial charge is 0.282 e. The zero-order valence-corrected chi connectivity index (χ0v) is 11.1. The van der Waals surface area contributed by atoms with Crippen LogP contribution in [-0.2, 0) is 16.5 Å². The minimum Gasteiger partial charge on any atom is -0.380 e. The number of hydrogen-bond donors (Lipinski definition) is 1. The highest BCUT2D eigenvalue weighted by Crippen LogP contribution is 2.16. The van der Waals surface area contributed by atoms with E-state index in [-0.39, 0.29) is 11.7 Å². The molecular weight excluding hydrogens is 290 g/mol. The lowest BCUT2D eigenvalue weighted by atomic mass is 10.3. The molecule has 1 aliphatic rings. The average molecular weight is 304 g/mol. The Hall–Kier alpha value is -0.920. The van der Waals surface area contributed by atoms with Crippen LogP contribution in [0.4, 0.5) is 5.69 Å². The summed E-state index contributed by atoms with van der Waals surface area (Å²) < 4.78 is 12.5. The van der Waals surface area contributed by atoms with Gasteiger partial charge in [-0.2, -0.15) is 5.10 Å². The molecular formula is C10H14BrN3O3. The summed E-state index contributed by atoms with van der Waals surface area (Å²) in [5, 5.41) is 7.07. The van der Waals surface area contributed by atoms with Gasteiger partial charge in [0.2, 0.25) is 0 Å². The van der Waals surface area contributed by atoms with E-state index in [1.165, 1.54) is 4.68 Å². The van der Waals surface area contributed by atoms with E-state index in [0.29, 0.717) is 36.5 Å². The van der Waals surface area contributed by atoms with Crippen LogP contribution in [0.2, 0.25) is 0 Å². The van der Waals surface area contributed by atoms with Crippen LogP contribution in [0, 0.1) is 0 Å². The monoisotopic (exact) mass is 303 g/mol. The van der Waals surface area contributed by atoms with Gasteiger partial charge in [0.25, 0.3) is 5.56 Å². The van der Waals surface area contributed by atoms with E-state index in [1.807, 2.05) is 0 Å². The van der Waals surface area contributed by atoms with Gasteiger partial charge in [-0.1, -0.05) is 0 Å². The molecule has 1 N–H and O–H groups in total. The van der Waals surface area contributed by atoms with E-state index >= 15 is 0 Å². The van der Waals surface area contributed by atoms with Gasteiger partial charge in [-0.25, -0.2) is 4.68 Å². The van der Waals surface area contributed by atoms with Crippen LogP contribution in [0.3, 0.4) is 0 Å². The Balaban J connectivity index is 1.99. The van der Waals surface area contributed by atoms with Crippen molar-refractivity contribution < 1.29 is 9.47 Å². The van der Waals surface area contributed by atoms with Crippen LogP contribution in [0.1, 0.15) is 0 Å². The van der Waals surface area contributed by atoms with Gasteiger partial charge in [-0.3, -0.25) is 4.79 Å². The van der Waals surface area contributed by atoms with Crippen molar-refractivity contribution in [3.05, 3.63) is 21.0 Å². The van der Waals surface area contributed by atoms with Gasteiger partial charge in [-0.05, 0) is 15.9 Å². The quantitative estimate of drug-likeness (QED) is 0.874. The number of aromatic nitrogens is 2. The highest BCUT2D eigenvalue weighted by Gasteiger charge is 2.15. The predicted molar refractivity (Wildman–Crippen MR) is 66.2 cm³/mol. The molecule has 1 atom stereocenters. The van der Waals surface area contributed by atoms with Gasteiger partial charge in [0, 0.05) is 13.6 Å². The first kappa shape index (κ1) is 12.5. The molecule has 0 aliphatic carbocycles. The zero-order chi connectivity index (χ0) is 12.3. The number of nitrogens with one attached hydrogen (secondary N) is 1. The molecule has 1 unspecified atom stereocenters.